The Labute approximate surface area is 131 Å². The van der Waals surface area contributed by atoms with E-state index in [1.165, 1.54) is 24.0 Å². The van der Waals surface area contributed by atoms with Crippen LogP contribution in [-0.4, -0.2) is 4.57 Å². The van der Waals surface area contributed by atoms with Gasteiger partial charge in [-0.05, 0) is 67.9 Å². The van der Waals surface area contributed by atoms with Gasteiger partial charge in [0.15, 0.2) is 0 Å². The monoisotopic (exact) mass is 296 g/mol. The second-order valence-electron chi connectivity index (χ2n) is 6.46. The lowest BCUT2D eigenvalue weighted by Gasteiger charge is -2.21. The van der Waals surface area contributed by atoms with Crippen LogP contribution in [0.4, 0.5) is 0 Å². The third-order valence-corrected chi connectivity index (χ3v) is 4.96. The summed E-state index contributed by atoms with van der Waals surface area (Å²) in [6.45, 7) is 3.92. The van der Waals surface area contributed by atoms with Crippen LogP contribution in [0.15, 0.2) is 29.1 Å². The van der Waals surface area contributed by atoms with E-state index in [4.69, 9.17) is 5.73 Å². The van der Waals surface area contributed by atoms with Gasteiger partial charge in [-0.15, -0.1) is 0 Å². The highest BCUT2D eigenvalue weighted by Crippen LogP contribution is 2.27. The fraction of sp³-hybridized carbons (Fsp3) is 0.421. The number of nitrogens with zero attached hydrogens (tertiary/aromatic N) is 1. The maximum absolute atomic E-state index is 12.6. The molecule has 1 heterocycles. The van der Waals surface area contributed by atoms with Crippen LogP contribution in [0.25, 0.3) is 0 Å². The summed E-state index contributed by atoms with van der Waals surface area (Å²) in [7, 11) is 1.81. The van der Waals surface area contributed by atoms with Gasteiger partial charge >= 0.3 is 0 Å². The molecule has 1 atom stereocenters. The molecule has 22 heavy (non-hydrogen) atoms. The summed E-state index contributed by atoms with van der Waals surface area (Å²) in [6, 6.07) is 8.17. The van der Waals surface area contributed by atoms with Crippen molar-refractivity contribution in [2.45, 2.75) is 45.6 Å². The zero-order valence-corrected chi connectivity index (χ0v) is 13.6. The van der Waals surface area contributed by atoms with Gasteiger partial charge in [-0.2, -0.15) is 0 Å². The smallest absolute Gasteiger partial charge is 0.255 e. The summed E-state index contributed by atoms with van der Waals surface area (Å²) in [5, 5.41) is 0. The van der Waals surface area contributed by atoms with E-state index in [9.17, 15) is 4.79 Å². The zero-order chi connectivity index (χ0) is 15.9. The lowest BCUT2D eigenvalue weighted by atomic mass is 9.87. The fourth-order valence-corrected chi connectivity index (χ4v) is 3.49. The standard InChI is InChI=1S/C19H24N2O/c1-12-10-13(2)21(3)19(22)17(12)18(20)16-9-8-14-6-4-5-7-15(14)11-16/h8-11,18H,4-7,20H2,1-3H3. The Kier molecular flexibility index (Phi) is 3.92. The highest BCUT2D eigenvalue weighted by Gasteiger charge is 2.19. The van der Waals surface area contributed by atoms with Crippen LogP contribution in [0.2, 0.25) is 0 Å². The number of fused-ring (bicyclic) bond motifs is 1. The van der Waals surface area contributed by atoms with Crippen molar-refractivity contribution in [1.82, 2.24) is 4.57 Å². The van der Waals surface area contributed by atoms with E-state index in [0.29, 0.717) is 5.56 Å². The molecule has 0 radical (unpaired) electrons. The fourth-order valence-electron chi connectivity index (χ4n) is 3.49. The minimum atomic E-state index is -0.355. The lowest BCUT2D eigenvalue weighted by molar-refractivity contribution is 0.681. The number of pyridine rings is 1. The predicted molar refractivity (Wildman–Crippen MR) is 90.3 cm³/mol. The third kappa shape index (κ3) is 2.50. The van der Waals surface area contributed by atoms with E-state index in [0.717, 1.165) is 29.7 Å². The first-order chi connectivity index (χ1) is 10.5. The van der Waals surface area contributed by atoms with Crippen molar-refractivity contribution >= 4 is 0 Å². The second-order valence-corrected chi connectivity index (χ2v) is 6.46. The van der Waals surface area contributed by atoms with E-state index in [-0.39, 0.29) is 11.6 Å². The van der Waals surface area contributed by atoms with Crippen molar-refractivity contribution in [1.29, 1.82) is 0 Å². The molecular formula is C19H24N2O. The molecule has 0 fully saturated rings. The number of aromatic nitrogens is 1. The molecule has 0 amide bonds. The predicted octanol–water partition coefficient (Wildman–Crippen LogP) is 2.93. The highest BCUT2D eigenvalue weighted by molar-refractivity contribution is 5.41. The summed E-state index contributed by atoms with van der Waals surface area (Å²) in [6.07, 6.45) is 4.81. The third-order valence-electron chi connectivity index (χ3n) is 4.96. The van der Waals surface area contributed by atoms with Crippen molar-refractivity contribution in [3.05, 3.63) is 68.1 Å². The number of aryl methyl sites for hydroxylation is 4. The van der Waals surface area contributed by atoms with E-state index in [1.807, 2.05) is 19.9 Å². The van der Waals surface area contributed by atoms with Gasteiger partial charge in [-0.25, -0.2) is 0 Å². The molecule has 0 spiro atoms. The van der Waals surface area contributed by atoms with Gasteiger partial charge in [-0.1, -0.05) is 18.2 Å². The van der Waals surface area contributed by atoms with Gasteiger partial charge in [0.25, 0.3) is 5.56 Å². The molecular weight excluding hydrogens is 272 g/mol. The molecule has 0 aliphatic heterocycles. The largest absolute Gasteiger partial charge is 0.320 e. The average Bonchev–Trinajstić information content (AvgIpc) is 2.52. The molecule has 0 saturated heterocycles. The summed E-state index contributed by atoms with van der Waals surface area (Å²) in [5.74, 6) is 0. The van der Waals surface area contributed by atoms with E-state index < -0.39 is 0 Å². The molecule has 0 bridgehead atoms. The Bertz CT molecular complexity index is 774. The molecule has 1 aromatic heterocycles. The summed E-state index contributed by atoms with van der Waals surface area (Å²) in [4.78, 5) is 12.6. The molecule has 1 aliphatic carbocycles. The van der Waals surface area contributed by atoms with Crippen LogP contribution < -0.4 is 11.3 Å². The molecule has 1 aliphatic rings. The van der Waals surface area contributed by atoms with Crippen LogP contribution in [0.3, 0.4) is 0 Å². The quantitative estimate of drug-likeness (QED) is 0.926. The average molecular weight is 296 g/mol. The minimum Gasteiger partial charge on any atom is -0.320 e. The van der Waals surface area contributed by atoms with Gasteiger partial charge in [0.05, 0.1) is 6.04 Å². The topological polar surface area (TPSA) is 48.0 Å². The Morgan fingerprint density at radius 2 is 1.77 bits per heavy atom. The van der Waals surface area contributed by atoms with E-state index >= 15 is 0 Å². The van der Waals surface area contributed by atoms with Crippen molar-refractivity contribution in [3.8, 4) is 0 Å². The molecule has 1 unspecified atom stereocenters. The number of benzene rings is 1. The Morgan fingerprint density at radius 3 is 2.50 bits per heavy atom. The van der Waals surface area contributed by atoms with Crippen LogP contribution >= 0.6 is 0 Å². The Hall–Kier alpha value is -1.87. The van der Waals surface area contributed by atoms with Gasteiger partial charge in [-0.3, -0.25) is 4.79 Å². The number of hydrogen-bond donors (Lipinski definition) is 1. The summed E-state index contributed by atoms with van der Waals surface area (Å²) in [5.41, 5.74) is 13.0. The summed E-state index contributed by atoms with van der Waals surface area (Å²) >= 11 is 0. The van der Waals surface area contributed by atoms with Gasteiger partial charge in [0.2, 0.25) is 0 Å². The number of hydrogen-bond acceptors (Lipinski definition) is 2. The molecule has 1 aromatic carbocycles. The van der Waals surface area contributed by atoms with Crippen molar-refractivity contribution in [2.24, 2.45) is 12.8 Å². The van der Waals surface area contributed by atoms with Crippen LogP contribution in [0, 0.1) is 13.8 Å². The molecule has 3 heteroatoms. The first-order valence-corrected chi connectivity index (χ1v) is 8.03. The maximum atomic E-state index is 12.6. The second kappa shape index (κ2) is 5.73. The number of rotatable bonds is 2. The summed E-state index contributed by atoms with van der Waals surface area (Å²) < 4.78 is 1.68. The van der Waals surface area contributed by atoms with Crippen molar-refractivity contribution in [2.75, 3.05) is 0 Å². The minimum absolute atomic E-state index is 0.0164. The van der Waals surface area contributed by atoms with Crippen molar-refractivity contribution < 1.29 is 0 Å². The molecule has 0 saturated carbocycles. The first-order valence-electron chi connectivity index (χ1n) is 8.03. The van der Waals surface area contributed by atoms with Crippen LogP contribution in [-0.2, 0) is 19.9 Å². The first kappa shape index (κ1) is 15.0. The normalized spacial score (nSPS) is 15.5. The van der Waals surface area contributed by atoms with Crippen LogP contribution in [0.1, 0.15) is 52.4 Å². The highest BCUT2D eigenvalue weighted by atomic mass is 16.1. The molecule has 116 valence electrons. The van der Waals surface area contributed by atoms with E-state index in [2.05, 4.69) is 18.2 Å². The molecule has 3 rings (SSSR count). The van der Waals surface area contributed by atoms with Gasteiger partial charge in [0, 0.05) is 18.3 Å². The van der Waals surface area contributed by atoms with Crippen molar-refractivity contribution in [3.63, 3.8) is 0 Å². The van der Waals surface area contributed by atoms with Gasteiger partial charge < -0.3 is 10.3 Å². The molecule has 2 N–H and O–H groups in total. The molecule has 2 aromatic rings. The lowest BCUT2D eigenvalue weighted by Crippen LogP contribution is -2.30. The molecule has 3 nitrogen and oxygen atoms in total. The van der Waals surface area contributed by atoms with E-state index in [1.54, 1.807) is 11.6 Å². The van der Waals surface area contributed by atoms with Gasteiger partial charge in [0.1, 0.15) is 0 Å². The Balaban J connectivity index is 2.07. The van der Waals surface area contributed by atoms with Crippen LogP contribution in [0.5, 0.6) is 0 Å². The Morgan fingerprint density at radius 1 is 1.09 bits per heavy atom. The zero-order valence-electron chi connectivity index (χ0n) is 13.6. The number of nitrogens with two attached hydrogens (primary N) is 1. The SMILES string of the molecule is Cc1cc(C)n(C)c(=O)c1C(N)c1ccc2c(c1)CCCC2. The maximum Gasteiger partial charge on any atom is 0.255 e.